The quantitative estimate of drug-likeness (QED) is 0.862. The molecule has 1 rings (SSSR count). The summed E-state index contributed by atoms with van der Waals surface area (Å²) >= 11 is 3.18. The Morgan fingerprint density at radius 1 is 1.53 bits per heavy atom. The highest BCUT2D eigenvalue weighted by Gasteiger charge is 2.15. The molecule has 15 heavy (non-hydrogen) atoms. The summed E-state index contributed by atoms with van der Waals surface area (Å²) in [4.78, 5) is 25.7. The van der Waals surface area contributed by atoms with Crippen LogP contribution in [0.2, 0.25) is 0 Å². The third kappa shape index (κ3) is 3.32. The van der Waals surface area contributed by atoms with Crippen LogP contribution in [-0.2, 0) is 4.79 Å². The van der Waals surface area contributed by atoms with Crippen LogP contribution in [0.15, 0.2) is 22.8 Å². The second kappa shape index (κ2) is 4.88. The fourth-order valence-electron chi connectivity index (χ4n) is 0.842. The normalized spacial score (nSPS) is 11.9. The number of halogens is 1. The number of aromatic nitrogens is 1. The van der Waals surface area contributed by atoms with Crippen LogP contribution in [0.25, 0.3) is 0 Å². The Morgan fingerprint density at radius 3 is 2.67 bits per heavy atom. The van der Waals surface area contributed by atoms with Crippen molar-refractivity contribution in [3.63, 3.8) is 0 Å². The molecule has 80 valence electrons. The summed E-state index contributed by atoms with van der Waals surface area (Å²) in [7, 11) is 0. The molecule has 0 saturated carbocycles. The van der Waals surface area contributed by atoms with Gasteiger partial charge in [-0.15, -0.1) is 0 Å². The van der Waals surface area contributed by atoms with Crippen molar-refractivity contribution in [1.29, 1.82) is 0 Å². The van der Waals surface area contributed by atoms with E-state index in [1.807, 2.05) is 0 Å². The molecule has 0 aliphatic carbocycles. The molecule has 2 N–H and O–H groups in total. The molecule has 1 unspecified atom stereocenters. The maximum atomic E-state index is 11.4. The SMILES string of the molecule is CC(NC(=O)c1ccc(Br)cn1)C(=O)O. The first-order valence-electron chi connectivity index (χ1n) is 4.16. The molecule has 0 spiro atoms. The lowest BCUT2D eigenvalue weighted by atomic mass is 10.3. The standard InChI is InChI=1S/C9H9BrN2O3/c1-5(9(14)15)12-8(13)7-3-2-6(10)4-11-7/h2-5H,1H3,(H,12,13)(H,14,15). The first-order chi connectivity index (χ1) is 7.00. The minimum absolute atomic E-state index is 0.186. The molecular formula is C9H9BrN2O3. The molecule has 0 aliphatic heterocycles. The Kier molecular flexibility index (Phi) is 3.79. The van der Waals surface area contributed by atoms with E-state index in [2.05, 4.69) is 26.2 Å². The zero-order chi connectivity index (χ0) is 11.4. The van der Waals surface area contributed by atoms with Gasteiger partial charge in [-0.25, -0.2) is 4.98 Å². The Balaban J connectivity index is 2.69. The number of carbonyl (C=O) groups excluding carboxylic acids is 1. The third-order valence-corrected chi connectivity index (χ3v) is 2.15. The first kappa shape index (κ1) is 11.6. The topological polar surface area (TPSA) is 79.3 Å². The smallest absolute Gasteiger partial charge is 0.325 e. The summed E-state index contributed by atoms with van der Waals surface area (Å²) in [5.74, 6) is -1.59. The lowest BCUT2D eigenvalue weighted by molar-refractivity contribution is -0.138. The highest BCUT2D eigenvalue weighted by Crippen LogP contribution is 2.07. The van der Waals surface area contributed by atoms with Gasteiger partial charge in [0.1, 0.15) is 11.7 Å². The van der Waals surface area contributed by atoms with Gasteiger partial charge in [-0.1, -0.05) is 0 Å². The fraction of sp³-hybridized carbons (Fsp3) is 0.222. The van der Waals surface area contributed by atoms with Crippen molar-refractivity contribution < 1.29 is 14.7 Å². The van der Waals surface area contributed by atoms with Crippen molar-refractivity contribution in [2.24, 2.45) is 0 Å². The fourth-order valence-corrected chi connectivity index (χ4v) is 1.08. The van der Waals surface area contributed by atoms with Gasteiger partial charge in [0.25, 0.3) is 5.91 Å². The summed E-state index contributed by atoms with van der Waals surface area (Å²) < 4.78 is 0.755. The van der Waals surface area contributed by atoms with Gasteiger partial charge in [0, 0.05) is 10.7 Å². The molecule has 0 bridgehead atoms. The van der Waals surface area contributed by atoms with E-state index in [-0.39, 0.29) is 5.69 Å². The number of amides is 1. The number of pyridine rings is 1. The number of nitrogens with zero attached hydrogens (tertiary/aromatic N) is 1. The zero-order valence-electron chi connectivity index (χ0n) is 7.90. The highest BCUT2D eigenvalue weighted by molar-refractivity contribution is 9.10. The number of hydrogen-bond donors (Lipinski definition) is 2. The first-order valence-corrected chi connectivity index (χ1v) is 4.95. The summed E-state index contributed by atoms with van der Waals surface area (Å²) in [6, 6.07) is 2.24. The van der Waals surface area contributed by atoms with Crippen LogP contribution in [0.3, 0.4) is 0 Å². The molecule has 6 heteroatoms. The van der Waals surface area contributed by atoms with Crippen LogP contribution in [0.4, 0.5) is 0 Å². The number of carboxylic acids is 1. The van der Waals surface area contributed by atoms with Gasteiger partial charge in [0.15, 0.2) is 0 Å². The second-order valence-corrected chi connectivity index (χ2v) is 3.81. The van der Waals surface area contributed by atoms with Crippen LogP contribution < -0.4 is 5.32 Å². The summed E-state index contributed by atoms with van der Waals surface area (Å²) in [6.07, 6.45) is 1.47. The van der Waals surface area contributed by atoms with E-state index in [4.69, 9.17) is 5.11 Å². The van der Waals surface area contributed by atoms with Crippen LogP contribution in [0.1, 0.15) is 17.4 Å². The van der Waals surface area contributed by atoms with Gasteiger partial charge < -0.3 is 10.4 Å². The predicted octanol–water partition coefficient (Wildman–Crippen LogP) is 1.05. The van der Waals surface area contributed by atoms with Crippen LogP contribution in [-0.4, -0.2) is 28.0 Å². The molecule has 0 aromatic carbocycles. The molecule has 1 aromatic rings. The van der Waals surface area contributed by atoms with E-state index < -0.39 is 17.9 Å². The lowest BCUT2D eigenvalue weighted by Gasteiger charge is -2.08. The molecule has 0 saturated heterocycles. The van der Waals surface area contributed by atoms with Gasteiger partial charge in [-0.3, -0.25) is 9.59 Å². The average molecular weight is 273 g/mol. The number of carboxylic acid groups (broad SMARTS) is 1. The van der Waals surface area contributed by atoms with E-state index in [9.17, 15) is 9.59 Å². The Hall–Kier alpha value is -1.43. The average Bonchev–Trinajstić information content (AvgIpc) is 2.18. The molecule has 1 amide bonds. The van der Waals surface area contributed by atoms with E-state index in [1.54, 1.807) is 6.07 Å². The summed E-state index contributed by atoms with van der Waals surface area (Å²) in [6.45, 7) is 1.39. The number of carbonyl (C=O) groups is 2. The summed E-state index contributed by atoms with van der Waals surface area (Å²) in [5, 5.41) is 10.9. The number of aliphatic carboxylic acids is 1. The van der Waals surface area contributed by atoms with Crippen molar-refractivity contribution in [1.82, 2.24) is 10.3 Å². The lowest BCUT2D eigenvalue weighted by Crippen LogP contribution is -2.38. The van der Waals surface area contributed by atoms with Gasteiger partial charge in [0.05, 0.1) is 0 Å². The number of hydrogen-bond acceptors (Lipinski definition) is 3. The predicted molar refractivity (Wildman–Crippen MR) is 56.5 cm³/mol. The van der Waals surface area contributed by atoms with E-state index in [1.165, 1.54) is 19.2 Å². The molecule has 0 aliphatic rings. The molecule has 1 heterocycles. The molecule has 0 radical (unpaired) electrons. The molecular weight excluding hydrogens is 264 g/mol. The number of nitrogens with one attached hydrogen (secondary N) is 1. The second-order valence-electron chi connectivity index (χ2n) is 2.90. The molecule has 5 nitrogen and oxygen atoms in total. The third-order valence-electron chi connectivity index (χ3n) is 1.68. The summed E-state index contributed by atoms with van der Waals surface area (Å²) in [5.41, 5.74) is 0.186. The van der Waals surface area contributed by atoms with Crippen molar-refractivity contribution >= 4 is 27.8 Å². The minimum atomic E-state index is -1.08. The Bertz CT molecular complexity index is 377. The van der Waals surface area contributed by atoms with Crippen molar-refractivity contribution in [3.05, 3.63) is 28.5 Å². The monoisotopic (exact) mass is 272 g/mol. The number of rotatable bonds is 3. The van der Waals surface area contributed by atoms with Crippen LogP contribution in [0.5, 0.6) is 0 Å². The maximum absolute atomic E-state index is 11.4. The van der Waals surface area contributed by atoms with Gasteiger partial charge >= 0.3 is 5.97 Å². The maximum Gasteiger partial charge on any atom is 0.325 e. The van der Waals surface area contributed by atoms with E-state index >= 15 is 0 Å². The molecule has 1 atom stereocenters. The van der Waals surface area contributed by atoms with E-state index in [0.717, 1.165) is 4.47 Å². The van der Waals surface area contributed by atoms with Gasteiger partial charge in [0.2, 0.25) is 0 Å². The van der Waals surface area contributed by atoms with Crippen LogP contribution >= 0.6 is 15.9 Å². The molecule has 0 fully saturated rings. The highest BCUT2D eigenvalue weighted by atomic mass is 79.9. The molecule has 1 aromatic heterocycles. The van der Waals surface area contributed by atoms with E-state index in [0.29, 0.717) is 0 Å². The van der Waals surface area contributed by atoms with Crippen molar-refractivity contribution in [3.8, 4) is 0 Å². The zero-order valence-corrected chi connectivity index (χ0v) is 9.48. The van der Waals surface area contributed by atoms with Gasteiger partial charge in [-0.2, -0.15) is 0 Å². The Labute approximate surface area is 94.6 Å². The Morgan fingerprint density at radius 2 is 2.20 bits per heavy atom. The van der Waals surface area contributed by atoms with Crippen molar-refractivity contribution in [2.75, 3.05) is 0 Å². The van der Waals surface area contributed by atoms with Crippen molar-refractivity contribution in [2.45, 2.75) is 13.0 Å². The largest absolute Gasteiger partial charge is 0.480 e. The minimum Gasteiger partial charge on any atom is -0.480 e. The van der Waals surface area contributed by atoms with Crippen LogP contribution in [0, 0.1) is 0 Å². The van der Waals surface area contributed by atoms with Gasteiger partial charge in [-0.05, 0) is 35.0 Å².